The molecule has 3 heteroatoms. The minimum atomic E-state index is 0.221. The molecule has 0 aromatic heterocycles. The van der Waals surface area contributed by atoms with Crippen molar-refractivity contribution in [1.29, 1.82) is 0 Å². The van der Waals surface area contributed by atoms with Crippen molar-refractivity contribution >= 4 is 6.29 Å². The van der Waals surface area contributed by atoms with Crippen LogP contribution in [-0.4, -0.2) is 19.5 Å². The Labute approximate surface area is 102 Å². The number of benzene rings is 1. The Morgan fingerprint density at radius 2 is 2.00 bits per heavy atom. The molecule has 0 bridgehead atoms. The van der Waals surface area contributed by atoms with E-state index in [1.807, 2.05) is 6.07 Å². The number of rotatable bonds is 4. The fraction of sp³-hybridized carbons (Fsp3) is 0.500. The summed E-state index contributed by atoms with van der Waals surface area (Å²) >= 11 is 0. The van der Waals surface area contributed by atoms with Gasteiger partial charge in [-0.2, -0.15) is 0 Å². The van der Waals surface area contributed by atoms with Gasteiger partial charge in [0.15, 0.2) is 17.8 Å². The van der Waals surface area contributed by atoms with E-state index < -0.39 is 0 Å². The van der Waals surface area contributed by atoms with Gasteiger partial charge in [0.2, 0.25) is 0 Å². The van der Waals surface area contributed by atoms with Crippen LogP contribution >= 0.6 is 0 Å². The number of methoxy groups -OCH3 is 1. The van der Waals surface area contributed by atoms with Crippen LogP contribution in [-0.2, 0) is 0 Å². The van der Waals surface area contributed by atoms with Crippen LogP contribution in [0, 0.1) is 0 Å². The molecule has 17 heavy (non-hydrogen) atoms. The number of hydrogen-bond donors (Lipinski definition) is 0. The minimum Gasteiger partial charge on any atom is -0.493 e. The summed E-state index contributed by atoms with van der Waals surface area (Å²) in [7, 11) is 1.59. The zero-order valence-corrected chi connectivity index (χ0v) is 10.1. The van der Waals surface area contributed by atoms with E-state index in [-0.39, 0.29) is 6.10 Å². The van der Waals surface area contributed by atoms with Crippen molar-refractivity contribution in [2.24, 2.45) is 0 Å². The normalized spacial score (nSPS) is 16.5. The molecule has 0 heterocycles. The quantitative estimate of drug-likeness (QED) is 0.750. The molecule has 0 spiro atoms. The third-order valence-corrected chi connectivity index (χ3v) is 3.19. The molecule has 1 aliphatic rings. The van der Waals surface area contributed by atoms with Crippen molar-refractivity contribution in [3.63, 3.8) is 0 Å². The first-order chi connectivity index (χ1) is 8.35. The second-order valence-corrected chi connectivity index (χ2v) is 4.37. The lowest BCUT2D eigenvalue weighted by molar-refractivity contribution is 0.110. The average Bonchev–Trinajstić information content (AvgIpc) is 2.40. The van der Waals surface area contributed by atoms with E-state index in [9.17, 15) is 4.79 Å². The Morgan fingerprint density at radius 1 is 1.24 bits per heavy atom. The van der Waals surface area contributed by atoms with Crippen LogP contribution in [0.25, 0.3) is 0 Å². The SMILES string of the molecule is COc1cccc(C=O)c1OC1CCCCC1. The maximum atomic E-state index is 11.0. The van der Waals surface area contributed by atoms with Gasteiger partial charge >= 0.3 is 0 Å². The van der Waals surface area contributed by atoms with Gasteiger partial charge in [-0.05, 0) is 37.8 Å². The molecule has 0 amide bonds. The highest BCUT2D eigenvalue weighted by Crippen LogP contribution is 2.33. The molecule has 0 saturated heterocycles. The van der Waals surface area contributed by atoms with E-state index in [0.717, 1.165) is 19.1 Å². The summed E-state index contributed by atoms with van der Waals surface area (Å²) in [4.78, 5) is 11.0. The zero-order chi connectivity index (χ0) is 12.1. The highest BCUT2D eigenvalue weighted by atomic mass is 16.5. The topological polar surface area (TPSA) is 35.5 Å². The zero-order valence-electron chi connectivity index (χ0n) is 10.1. The van der Waals surface area contributed by atoms with Gasteiger partial charge in [-0.25, -0.2) is 0 Å². The summed E-state index contributed by atoms with van der Waals surface area (Å²) in [5, 5.41) is 0. The number of hydrogen-bond acceptors (Lipinski definition) is 3. The van der Waals surface area contributed by atoms with Crippen molar-refractivity contribution in [3.05, 3.63) is 23.8 Å². The first-order valence-electron chi connectivity index (χ1n) is 6.14. The fourth-order valence-corrected chi connectivity index (χ4v) is 2.26. The van der Waals surface area contributed by atoms with E-state index in [4.69, 9.17) is 9.47 Å². The second kappa shape index (κ2) is 5.71. The molecule has 0 atom stereocenters. The molecule has 0 unspecified atom stereocenters. The number of carbonyl (C=O) groups excluding carboxylic acids is 1. The predicted molar refractivity (Wildman–Crippen MR) is 65.9 cm³/mol. The van der Waals surface area contributed by atoms with Gasteiger partial charge in [0.1, 0.15) is 0 Å². The monoisotopic (exact) mass is 234 g/mol. The summed E-state index contributed by atoms with van der Waals surface area (Å²) in [5.41, 5.74) is 0.565. The Bertz CT molecular complexity index is 381. The van der Waals surface area contributed by atoms with Gasteiger partial charge in [-0.1, -0.05) is 12.5 Å². The lowest BCUT2D eigenvalue weighted by Gasteiger charge is -2.24. The van der Waals surface area contributed by atoms with E-state index in [1.54, 1.807) is 19.2 Å². The lowest BCUT2D eigenvalue weighted by Crippen LogP contribution is -2.20. The third-order valence-electron chi connectivity index (χ3n) is 3.19. The largest absolute Gasteiger partial charge is 0.493 e. The van der Waals surface area contributed by atoms with Crippen LogP contribution in [0.5, 0.6) is 11.5 Å². The van der Waals surface area contributed by atoms with Crippen LogP contribution in [0.4, 0.5) is 0 Å². The van der Waals surface area contributed by atoms with Crippen LogP contribution in [0.1, 0.15) is 42.5 Å². The van der Waals surface area contributed by atoms with Gasteiger partial charge in [-0.15, -0.1) is 0 Å². The van der Waals surface area contributed by atoms with Crippen molar-refractivity contribution < 1.29 is 14.3 Å². The Balaban J connectivity index is 2.19. The number of carbonyl (C=O) groups is 1. The van der Waals surface area contributed by atoms with Crippen LogP contribution in [0.2, 0.25) is 0 Å². The van der Waals surface area contributed by atoms with Crippen molar-refractivity contribution in [1.82, 2.24) is 0 Å². The summed E-state index contributed by atoms with van der Waals surface area (Å²) in [6.07, 6.45) is 6.87. The third kappa shape index (κ3) is 2.78. The molecule has 1 fully saturated rings. The number of aldehydes is 1. The van der Waals surface area contributed by atoms with E-state index in [2.05, 4.69) is 0 Å². The van der Waals surface area contributed by atoms with Crippen molar-refractivity contribution in [3.8, 4) is 11.5 Å². The molecule has 0 radical (unpaired) electrons. The van der Waals surface area contributed by atoms with Gasteiger partial charge in [-0.3, -0.25) is 4.79 Å². The second-order valence-electron chi connectivity index (χ2n) is 4.37. The lowest BCUT2D eigenvalue weighted by atomic mass is 9.97. The average molecular weight is 234 g/mol. The molecule has 0 aliphatic heterocycles. The van der Waals surface area contributed by atoms with Crippen LogP contribution in [0.3, 0.4) is 0 Å². The number of ether oxygens (including phenoxy) is 2. The van der Waals surface area contributed by atoms with Gasteiger partial charge in [0.25, 0.3) is 0 Å². The highest BCUT2D eigenvalue weighted by molar-refractivity contribution is 5.81. The van der Waals surface area contributed by atoms with Crippen LogP contribution < -0.4 is 9.47 Å². The first-order valence-corrected chi connectivity index (χ1v) is 6.14. The van der Waals surface area contributed by atoms with Crippen LogP contribution in [0.15, 0.2) is 18.2 Å². The fourth-order valence-electron chi connectivity index (χ4n) is 2.26. The molecule has 1 aliphatic carbocycles. The molecule has 1 aromatic rings. The van der Waals surface area contributed by atoms with Crippen molar-refractivity contribution in [2.75, 3.05) is 7.11 Å². The van der Waals surface area contributed by atoms with E-state index in [0.29, 0.717) is 17.1 Å². The number of para-hydroxylation sites is 1. The summed E-state index contributed by atoms with van der Waals surface area (Å²) < 4.78 is 11.2. The van der Waals surface area contributed by atoms with Gasteiger partial charge in [0.05, 0.1) is 18.8 Å². The molecule has 2 rings (SSSR count). The molecular weight excluding hydrogens is 216 g/mol. The molecular formula is C14H18O3. The Kier molecular flexibility index (Phi) is 4.02. The summed E-state index contributed by atoms with van der Waals surface area (Å²) in [5.74, 6) is 1.23. The predicted octanol–water partition coefficient (Wildman–Crippen LogP) is 3.22. The maximum absolute atomic E-state index is 11.0. The van der Waals surface area contributed by atoms with Gasteiger partial charge in [0, 0.05) is 0 Å². The Hall–Kier alpha value is -1.51. The smallest absolute Gasteiger partial charge is 0.172 e. The molecule has 3 nitrogen and oxygen atoms in total. The molecule has 0 N–H and O–H groups in total. The van der Waals surface area contributed by atoms with E-state index >= 15 is 0 Å². The van der Waals surface area contributed by atoms with Gasteiger partial charge < -0.3 is 9.47 Å². The van der Waals surface area contributed by atoms with Crippen molar-refractivity contribution in [2.45, 2.75) is 38.2 Å². The minimum absolute atomic E-state index is 0.221. The Morgan fingerprint density at radius 3 is 2.65 bits per heavy atom. The summed E-state index contributed by atoms with van der Waals surface area (Å²) in [6, 6.07) is 5.38. The standard InChI is InChI=1S/C14H18O3/c1-16-13-9-5-6-11(10-15)14(13)17-12-7-3-2-4-8-12/h5-6,9-10,12H,2-4,7-8H2,1H3. The maximum Gasteiger partial charge on any atom is 0.172 e. The highest BCUT2D eigenvalue weighted by Gasteiger charge is 2.18. The van der Waals surface area contributed by atoms with E-state index in [1.165, 1.54) is 19.3 Å². The molecule has 1 saturated carbocycles. The summed E-state index contributed by atoms with van der Waals surface area (Å²) in [6.45, 7) is 0. The molecule has 1 aromatic carbocycles. The first kappa shape index (κ1) is 12.0. The molecule has 92 valence electrons.